The Morgan fingerprint density at radius 2 is 1.95 bits per heavy atom. The van der Waals surface area contributed by atoms with E-state index in [9.17, 15) is 12.8 Å². The van der Waals surface area contributed by atoms with Crippen LogP contribution in [0, 0.1) is 5.82 Å². The average Bonchev–Trinajstić information content (AvgIpc) is 2.40. The molecule has 0 heterocycles. The Kier molecular flexibility index (Phi) is 4.38. The normalized spacial score (nSPS) is 11.2. The Morgan fingerprint density at radius 3 is 2.57 bits per heavy atom. The molecule has 0 spiro atoms. The highest BCUT2D eigenvalue weighted by molar-refractivity contribution is 9.10. The fourth-order valence-corrected chi connectivity index (χ4v) is 3.25. The van der Waals surface area contributed by atoms with E-state index >= 15 is 0 Å². The van der Waals surface area contributed by atoms with E-state index in [0.717, 1.165) is 12.1 Å². The Balaban J connectivity index is 2.42. The number of hydrogen-bond donors (Lipinski definition) is 2. The molecule has 0 aliphatic heterocycles. The highest BCUT2D eigenvalue weighted by Gasteiger charge is 2.20. The molecular weight excluding hydrogens is 363 g/mol. The second-order valence-corrected chi connectivity index (χ2v) is 6.65. The van der Waals surface area contributed by atoms with Crippen molar-refractivity contribution in [1.82, 2.24) is 0 Å². The number of nitrogens with one attached hydrogen (secondary N) is 1. The zero-order chi connectivity index (χ0) is 15.6. The fourth-order valence-electron chi connectivity index (χ4n) is 1.64. The molecule has 0 aromatic heterocycles. The zero-order valence-electron chi connectivity index (χ0n) is 10.9. The van der Waals surface area contributed by atoms with Gasteiger partial charge < -0.3 is 10.5 Å². The van der Waals surface area contributed by atoms with Crippen LogP contribution in [-0.2, 0) is 10.0 Å². The monoisotopic (exact) mass is 374 g/mol. The van der Waals surface area contributed by atoms with Crippen LogP contribution >= 0.6 is 15.9 Å². The molecule has 0 unspecified atom stereocenters. The largest absolute Gasteiger partial charge is 0.497 e. The van der Waals surface area contributed by atoms with Gasteiger partial charge in [-0.3, -0.25) is 4.72 Å². The molecule has 21 heavy (non-hydrogen) atoms. The summed E-state index contributed by atoms with van der Waals surface area (Å²) in [6, 6.07) is 8.15. The van der Waals surface area contributed by atoms with Crippen molar-refractivity contribution in [3.05, 3.63) is 46.7 Å². The lowest BCUT2D eigenvalue weighted by Gasteiger charge is -2.12. The molecular formula is C13H12BrFN2O3S. The van der Waals surface area contributed by atoms with Crippen molar-refractivity contribution in [3.63, 3.8) is 0 Å². The number of ether oxygens (including phenoxy) is 1. The predicted octanol–water partition coefficient (Wildman–Crippen LogP) is 2.98. The summed E-state index contributed by atoms with van der Waals surface area (Å²) < 4.78 is 46.1. The molecule has 3 N–H and O–H groups in total. The standard InChI is InChI=1S/C13H12BrFN2O3S/c1-20-9-3-4-10(14)12(7-9)17-21(18,19)13-5-2-8(16)6-11(13)15/h2-7,17H,16H2,1H3. The first kappa shape index (κ1) is 15.6. The molecule has 0 aliphatic rings. The lowest BCUT2D eigenvalue weighted by molar-refractivity contribution is 0.415. The lowest BCUT2D eigenvalue weighted by Crippen LogP contribution is -2.15. The number of nitrogen functional groups attached to an aromatic ring is 1. The van der Waals surface area contributed by atoms with Gasteiger partial charge in [0.15, 0.2) is 0 Å². The van der Waals surface area contributed by atoms with Crippen LogP contribution in [0.2, 0.25) is 0 Å². The first-order valence-electron chi connectivity index (χ1n) is 5.75. The van der Waals surface area contributed by atoms with E-state index in [1.165, 1.54) is 19.2 Å². The van der Waals surface area contributed by atoms with Gasteiger partial charge in [0, 0.05) is 16.2 Å². The summed E-state index contributed by atoms with van der Waals surface area (Å²) >= 11 is 3.22. The first-order chi connectivity index (χ1) is 9.83. The second-order valence-electron chi connectivity index (χ2n) is 4.14. The number of halogens is 2. The average molecular weight is 375 g/mol. The van der Waals surface area contributed by atoms with Crippen molar-refractivity contribution >= 4 is 37.3 Å². The molecule has 0 amide bonds. The van der Waals surface area contributed by atoms with E-state index in [4.69, 9.17) is 10.5 Å². The van der Waals surface area contributed by atoms with Crippen LogP contribution in [-0.4, -0.2) is 15.5 Å². The molecule has 2 aromatic carbocycles. The smallest absolute Gasteiger partial charge is 0.264 e. The van der Waals surface area contributed by atoms with Crippen molar-refractivity contribution in [2.24, 2.45) is 0 Å². The molecule has 0 bridgehead atoms. The number of sulfonamides is 1. The molecule has 0 radical (unpaired) electrons. The van der Waals surface area contributed by atoms with Crippen LogP contribution in [0.15, 0.2) is 45.8 Å². The second kappa shape index (κ2) is 5.90. The van der Waals surface area contributed by atoms with Crippen molar-refractivity contribution in [2.45, 2.75) is 4.90 Å². The van der Waals surface area contributed by atoms with E-state index < -0.39 is 20.7 Å². The SMILES string of the molecule is COc1ccc(Br)c(NS(=O)(=O)c2ccc(N)cc2F)c1. The molecule has 5 nitrogen and oxygen atoms in total. The quantitative estimate of drug-likeness (QED) is 0.806. The maximum Gasteiger partial charge on any atom is 0.264 e. The van der Waals surface area contributed by atoms with Crippen molar-refractivity contribution in [2.75, 3.05) is 17.6 Å². The summed E-state index contributed by atoms with van der Waals surface area (Å²) in [6.45, 7) is 0. The summed E-state index contributed by atoms with van der Waals surface area (Å²) in [4.78, 5) is -0.480. The molecule has 2 aromatic rings. The maximum absolute atomic E-state index is 13.8. The Labute approximate surface area is 130 Å². The van der Waals surface area contributed by atoms with Gasteiger partial charge in [0.2, 0.25) is 0 Å². The highest BCUT2D eigenvalue weighted by Crippen LogP contribution is 2.29. The summed E-state index contributed by atoms with van der Waals surface area (Å²) in [5, 5.41) is 0. The summed E-state index contributed by atoms with van der Waals surface area (Å²) in [7, 11) is -2.61. The van der Waals surface area contributed by atoms with Crippen LogP contribution in [0.1, 0.15) is 0 Å². The van der Waals surface area contributed by atoms with Gasteiger partial charge in [0.1, 0.15) is 16.5 Å². The Morgan fingerprint density at radius 1 is 1.24 bits per heavy atom. The summed E-state index contributed by atoms with van der Waals surface area (Å²) in [6.07, 6.45) is 0. The molecule has 0 aliphatic carbocycles. The van der Waals surface area contributed by atoms with Crippen LogP contribution in [0.5, 0.6) is 5.75 Å². The minimum atomic E-state index is -4.07. The number of benzene rings is 2. The van der Waals surface area contributed by atoms with Gasteiger partial charge in [-0.15, -0.1) is 0 Å². The van der Waals surface area contributed by atoms with Gasteiger partial charge in [0.05, 0.1) is 12.8 Å². The minimum Gasteiger partial charge on any atom is -0.497 e. The fraction of sp³-hybridized carbons (Fsp3) is 0.0769. The number of hydrogen-bond acceptors (Lipinski definition) is 4. The lowest BCUT2D eigenvalue weighted by atomic mass is 10.3. The van der Waals surface area contributed by atoms with E-state index in [0.29, 0.717) is 10.2 Å². The number of anilines is 2. The maximum atomic E-state index is 13.8. The molecule has 112 valence electrons. The van der Waals surface area contributed by atoms with E-state index in [1.807, 2.05) is 0 Å². The van der Waals surface area contributed by atoms with Crippen LogP contribution < -0.4 is 15.2 Å². The molecule has 2 rings (SSSR count). The zero-order valence-corrected chi connectivity index (χ0v) is 13.3. The summed E-state index contributed by atoms with van der Waals surface area (Å²) in [5.74, 6) is -0.449. The third-order valence-electron chi connectivity index (χ3n) is 2.66. The molecule has 8 heteroatoms. The van der Waals surface area contributed by atoms with E-state index in [2.05, 4.69) is 20.7 Å². The molecule has 0 atom stereocenters. The molecule has 0 saturated heterocycles. The van der Waals surface area contributed by atoms with Crippen LogP contribution in [0.3, 0.4) is 0 Å². The van der Waals surface area contributed by atoms with Crippen LogP contribution in [0.25, 0.3) is 0 Å². The van der Waals surface area contributed by atoms with Crippen LogP contribution in [0.4, 0.5) is 15.8 Å². The number of nitrogens with two attached hydrogens (primary N) is 1. The highest BCUT2D eigenvalue weighted by atomic mass is 79.9. The summed E-state index contributed by atoms with van der Waals surface area (Å²) in [5.41, 5.74) is 5.79. The molecule has 0 fully saturated rings. The minimum absolute atomic E-state index is 0.147. The van der Waals surface area contributed by atoms with Gasteiger partial charge in [-0.05, 0) is 46.3 Å². The van der Waals surface area contributed by atoms with E-state index in [1.54, 1.807) is 12.1 Å². The topological polar surface area (TPSA) is 81.4 Å². The van der Waals surface area contributed by atoms with Gasteiger partial charge >= 0.3 is 0 Å². The first-order valence-corrected chi connectivity index (χ1v) is 8.02. The van der Waals surface area contributed by atoms with E-state index in [-0.39, 0.29) is 11.4 Å². The number of rotatable bonds is 4. The number of methoxy groups -OCH3 is 1. The van der Waals surface area contributed by atoms with Crippen molar-refractivity contribution in [1.29, 1.82) is 0 Å². The predicted molar refractivity (Wildman–Crippen MR) is 82.3 cm³/mol. The third-order valence-corrected chi connectivity index (χ3v) is 4.75. The van der Waals surface area contributed by atoms with Crippen molar-refractivity contribution < 1.29 is 17.5 Å². The third kappa shape index (κ3) is 3.45. The Bertz CT molecular complexity index is 781. The molecule has 0 saturated carbocycles. The van der Waals surface area contributed by atoms with Gasteiger partial charge in [-0.2, -0.15) is 0 Å². The van der Waals surface area contributed by atoms with Crippen molar-refractivity contribution in [3.8, 4) is 5.75 Å². The van der Waals surface area contributed by atoms with Gasteiger partial charge in [-0.25, -0.2) is 12.8 Å². The van der Waals surface area contributed by atoms with Gasteiger partial charge in [0.25, 0.3) is 10.0 Å². The Hall–Kier alpha value is -1.80. The van der Waals surface area contributed by atoms with Gasteiger partial charge in [-0.1, -0.05) is 0 Å².